The quantitative estimate of drug-likeness (QED) is 0.391. The fraction of sp³-hybridized carbons (Fsp3) is 1.00. The third-order valence-electron chi connectivity index (χ3n) is 6.94. The van der Waals surface area contributed by atoms with Gasteiger partial charge in [-0.05, 0) is 30.9 Å². The van der Waals surface area contributed by atoms with Crippen molar-refractivity contribution in [2.75, 3.05) is 51.7 Å². The number of nitrogens with zero attached hydrogens (tertiary/aromatic N) is 2. The second-order valence-corrected chi connectivity index (χ2v) is 10.3. The molecule has 4 aliphatic rings. The molecule has 29 heavy (non-hydrogen) atoms. The molecule has 0 spiro atoms. The van der Waals surface area contributed by atoms with Crippen molar-refractivity contribution in [3.05, 3.63) is 0 Å². The van der Waals surface area contributed by atoms with Gasteiger partial charge in [0.25, 0.3) is 0 Å². The minimum atomic E-state index is 0.269. The standard InChI is InChI=1S/C21H42N6OS/c1-2-3-4-5-15-29-21-24-20-23-19-17(16-27(20)25-21)7-6-8-18(19)22-9-10-26-11-13-28-14-12-26/h17-25H,2-16H2,1H3. The third kappa shape index (κ3) is 6.29. The van der Waals surface area contributed by atoms with Gasteiger partial charge in [0.05, 0.1) is 13.2 Å². The topological polar surface area (TPSA) is 63.8 Å². The summed E-state index contributed by atoms with van der Waals surface area (Å²) in [6.45, 7) is 9.62. The van der Waals surface area contributed by atoms with E-state index in [2.05, 4.69) is 38.2 Å². The fourth-order valence-corrected chi connectivity index (χ4v) is 6.29. The van der Waals surface area contributed by atoms with Crippen LogP contribution in [0.3, 0.4) is 0 Å². The second kappa shape index (κ2) is 11.6. The summed E-state index contributed by atoms with van der Waals surface area (Å²) in [7, 11) is 0. The monoisotopic (exact) mass is 426 g/mol. The van der Waals surface area contributed by atoms with Crippen molar-refractivity contribution in [1.29, 1.82) is 0 Å². The molecule has 168 valence electrons. The number of rotatable bonds is 10. The molecule has 5 atom stereocenters. The molecule has 1 saturated carbocycles. The molecule has 8 heteroatoms. The first-order chi connectivity index (χ1) is 14.3. The Kier molecular flexibility index (Phi) is 8.92. The maximum absolute atomic E-state index is 5.47. The van der Waals surface area contributed by atoms with Crippen LogP contribution in [0.1, 0.15) is 51.9 Å². The van der Waals surface area contributed by atoms with Crippen LogP contribution in [0.5, 0.6) is 0 Å². The first-order valence-corrected chi connectivity index (χ1v) is 13.1. The zero-order chi connectivity index (χ0) is 19.9. The molecule has 5 unspecified atom stereocenters. The molecule has 4 rings (SSSR count). The molecule has 1 aliphatic carbocycles. The van der Waals surface area contributed by atoms with Crippen LogP contribution in [0, 0.1) is 5.92 Å². The average Bonchev–Trinajstić information content (AvgIpc) is 3.14. The lowest BCUT2D eigenvalue weighted by Crippen LogP contribution is -2.68. The van der Waals surface area contributed by atoms with E-state index in [0.717, 1.165) is 51.9 Å². The van der Waals surface area contributed by atoms with E-state index in [1.54, 1.807) is 0 Å². The fourth-order valence-electron chi connectivity index (χ4n) is 5.25. The van der Waals surface area contributed by atoms with Gasteiger partial charge in [-0.25, -0.2) is 10.4 Å². The predicted molar refractivity (Wildman–Crippen MR) is 120 cm³/mol. The molecule has 0 aromatic carbocycles. The summed E-state index contributed by atoms with van der Waals surface area (Å²) in [5, 5.41) is 14.0. The van der Waals surface area contributed by atoms with Gasteiger partial charge in [0, 0.05) is 44.8 Å². The van der Waals surface area contributed by atoms with E-state index in [-0.39, 0.29) is 6.29 Å². The lowest BCUT2D eigenvalue weighted by Gasteiger charge is -2.47. The van der Waals surface area contributed by atoms with Crippen molar-refractivity contribution in [3.8, 4) is 0 Å². The summed E-state index contributed by atoms with van der Waals surface area (Å²) in [4.78, 5) is 2.53. The van der Waals surface area contributed by atoms with Crippen molar-refractivity contribution in [1.82, 2.24) is 31.3 Å². The zero-order valence-corrected chi connectivity index (χ0v) is 19.0. The molecule has 3 heterocycles. The number of fused-ring (bicyclic) bond motifs is 2. The minimum Gasteiger partial charge on any atom is -0.379 e. The van der Waals surface area contributed by atoms with Crippen LogP contribution in [-0.4, -0.2) is 85.5 Å². The van der Waals surface area contributed by atoms with E-state index in [4.69, 9.17) is 4.74 Å². The van der Waals surface area contributed by atoms with Gasteiger partial charge in [-0.2, -0.15) is 0 Å². The lowest BCUT2D eigenvalue weighted by atomic mass is 9.79. The van der Waals surface area contributed by atoms with Gasteiger partial charge in [0.15, 0.2) is 0 Å². The Bertz CT molecular complexity index is 480. The number of hydrogen-bond acceptors (Lipinski definition) is 8. The van der Waals surface area contributed by atoms with E-state index >= 15 is 0 Å². The Balaban J connectivity index is 1.20. The van der Waals surface area contributed by atoms with Crippen LogP contribution in [-0.2, 0) is 4.74 Å². The van der Waals surface area contributed by atoms with Gasteiger partial charge in [0.1, 0.15) is 11.8 Å². The maximum atomic E-state index is 5.47. The highest BCUT2D eigenvalue weighted by Gasteiger charge is 2.44. The number of thioether (sulfide) groups is 1. The molecule has 0 aromatic rings. The largest absolute Gasteiger partial charge is 0.379 e. The molecular formula is C21H42N6OS. The van der Waals surface area contributed by atoms with Crippen LogP contribution >= 0.6 is 11.8 Å². The number of ether oxygens (including phenoxy) is 1. The van der Waals surface area contributed by atoms with Crippen LogP contribution in [0.15, 0.2) is 0 Å². The van der Waals surface area contributed by atoms with Crippen molar-refractivity contribution >= 4 is 11.8 Å². The third-order valence-corrected chi connectivity index (χ3v) is 8.04. The molecule has 0 amide bonds. The predicted octanol–water partition coefficient (Wildman–Crippen LogP) is 1.34. The molecule has 0 bridgehead atoms. The molecule has 4 N–H and O–H groups in total. The minimum absolute atomic E-state index is 0.269. The van der Waals surface area contributed by atoms with Crippen LogP contribution < -0.4 is 21.4 Å². The molecule has 7 nitrogen and oxygen atoms in total. The Labute approximate surface area is 181 Å². The van der Waals surface area contributed by atoms with E-state index < -0.39 is 0 Å². The van der Waals surface area contributed by atoms with Crippen molar-refractivity contribution in [2.24, 2.45) is 5.92 Å². The average molecular weight is 427 g/mol. The number of morpholine rings is 1. The Hall–Kier alpha value is 0.0700. The summed E-state index contributed by atoms with van der Waals surface area (Å²) in [6, 6.07) is 1.18. The summed E-state index contributed by atoms with van der Waals surface area (Å²) in [5.74, 6) is 1.98. The van der Waals surface area contributed by atoms with E-state index in [9.17, 15) is 0 Å². The van der Waals surface area contributed by atoms with Crippen molar-refractivity contribution in [3.63, 3.8) is 0 Å². The number of unbranched alkanes of at least 4 members (excludes halogenated alkanes) is 3. The molecule has 3 aliphatic heterocycles. The lowest BCUT2D eigenvalue weighted by molar-refractivity contribution is 0.0174. The molecular weight excluding hydrogens is 384 g/mol. The highest BCUT2D eigenvalue weighted by molar-refractivity contribution is 7.99. The van der Waals surface area contributed by atoms with Crippen LogP contribution in [0.4, 0.5) is 0 Å². The Morgan fingerprint density at radius 3 is 2.86 bits per heavy atom. The number of hydrogen-bond donors (Lipinski definition) is 4. The first kappa shape index (κ1) is 22.3. The zero-order valence-electron chi connectivity index (χ0n) is 18.2. The summed E-state index contributed by atoms with van der Waals surface area (Å²) < 4.78 is 5.47. The molecule has 0 aromatic heterocycles. The van der Waals surface area contributed by atoms with E-state index in [1.165, 1.54) is 50.7 Å². The van der Waals surface area contributed by atoms with Gasteiger partial charge >= 0.3 is 0 Å². The van der Waals surface area contributed by atoms with Gasteiger partial charge in [-0.15, -0.1) is 11.8 Å². The van der Waals surface area contributed by atoms with Crippen molar-refractivity contribution in [2.45, 2.75) is 75.7 Å². The Morgan fingerprint density at radius 1 is 1.10 bits per heavy atom. The number of hydrazine groups is 1. The molecule has 3 saturated heterocycles. The van der Waals surface area contributed by atoms with Crippen molar-refractivity contribution < 1.29 is 4.74 Å². The first-order valence-electron chi connectivity index (χ1n) is 12.0. The normalized spacial score (nSPS) is 36.1. The van der Waals surface area contributed by atoms with Gasteiger partial charge in [0.2, 0.25) is 0 Å². The maximum Gasteiger partial charge on any atom is 0.129 e. The van der Waals surface area contributed by atoms with E-state index in [0.29, 0.717) is 17.6 Å². The summed E-state index contributed by atoms with van der Waals surface area (Å²) >= 11 is 2.03. The van der Waals surface area contributed by atoms with Crippen LogP contribution in [0.25, 0.3) is 0 Å². The Morgan fingerprint density at radius 2 is 2.00 bits per heavy atom. The van der Waals surface area contributed by atoms with Gasteiger partial charge in [-0.1, -0.05) is 32.6 Å². The second-order valence-electron chi connectivity index (χ2n) is 9.06. The van der Waals surface area contributed by atoms with Gasteiger partial charge in [-0.3, -0.25) is 15.5 Å². The highest BCUT2D eigenvalue weighted by Crippen LogP contribution is 2.31. The number of nitrogens with one attached hydrogen (secondary N) is 4. The summed E-state index contributed by atoms with van der Waals surface area (Å²) in [5.41, 5.74) is 4.05. The SMILES string of the molecule is CCCCCCSC1NC2NC3C(CCCC3NCCN3CCOCC3)CN2N1. The molecule has 0 radical (unpaired) electrons. The molecule has 4 fully saturated rings. The van der Waals surface area contributed by atoms with Gasteiger partial charge < -0.3 is 10.1 Å². The van der Waals surface area contributed by atoms with E-state index in [1.807, 2.05) is 11.8 Å². The van der Waals surface area contributed by atoms with Crippen LogP contribution in [0.2, 0.25) is 0 Å². The smallest absolute Gasteiger partial charge is 0.129 e. The highest BCUT2D eigenvalue weighted by atomic mass is 32.2. The summed E-state index contributed by atoms with van der Waals surface area (Å²) in [6.07, 6.45) is 9.64.